The Labute approximate surface area is 209 Å². The van der Waals surface area contributed by atoms with Crippen LogP contribution in [-0.4, -0.2) is 70.7 Å². The van der Waals surface area contributed by atoms with Crippen LogP contribution in [-0.2, 0) is 38.1 Å². The van der Waals surface area contributed by atoms with Gasteiger partial charge in [-0.1, -0.05) is 25.2 Å². The lowest BCUT2D eigenvalue weighted by Crippen LogP contribution is -2.65. The topological polar surface area (TPSA) is 146 Å². The van der Waals surface area contributed by atoms with Crippen LogP contribution in [0.5, 0.6) is 0 Å². The number of carbonyl (C=O) groups excluding carboxylic acids is 4. The Hall–Kier alpha value is -2.98. The standard InChI is InChI=1S/C26H34O10/c1-13-7-9-19(33-15(3)28)25(6)20(34-16(4)29)10-8-18(12-27)11-21-26(32,14(2)24(31)36-21)23(22(13)25)35-17(5)30/h8,10-11,14,19-23,27,32H,1,7,9,12H2,2-6H3/b10-8+,18-11+/t14?,19-,20-,21-,22+,23-,25+,26-/m0/s1. The molecule has 0 spiro atoms. The minimum Gasteiger partial charge on any atom is -0.462 e. The first-order valence-corrected chi connectivity index (χ1v) is 11.9. The molecule has 8 atom stereocenters. The van der Waals surface area contributed by atoms with Crippen LogP contribution in [0.25, 0.3) is 0 Å². The highest BCUT2D eigenvalue weighted by Gasteiger charge is 2.67. The number of hydrogen-bond donors (Lipinski definition) is 2. The lowest BCUT2D eigenvalue weighted by Gasteiger charge is -2.54. The number of fused-ring (bicyclic) bond motifs is 2. The van der Waals surface area contributed by atoms with Gasteiger partial charge in [0.1, 0.15) is 18.3 Å². The number of aliphatic hydroxyl groups excluding tert-OH is 1. The van der Waals surface area contributed by atoms with Crippen LogP contribution < -0.4 is 0 Å². The van der Waals surface area contributed by atoms with E-state index >= 15 is 0 Å². The minimum absolute atomic E-state index is 0.264. The first-order chi connectivity index (χ1) is 16.8. The summed E-state index contributed by atoms with van der Waals surface area (Å²) >= 11 is 0. The largest absolute Gasteiger partial charge is 0.462 e. The Morgan fingerprint density at radius 2 is 1.75 bits per heavy atom. The summed E-state index contributed by atoms with van der Waals surface area (Å²) in [6.45, 7) is 10.5. The van der Waals surface area contributed by atoms with Crippen LogP contribution in [0, 0.1) is 17.3 Å². The first kappa shape index (κ1) is 27.6. The molecule has 1 unspecified atom stereocenters. The fourth-order valence-corrected chi connectivity index (χ4v) is 5.77. The van der Waals surface area contributed by atoms with Crippen LogP contribution in [0.15, 0.2) is 36.0 Å². The smallest absolute Gasteiger partial charge is 0.312 e. The van der Waals surface area contributed by atoms with Gasteiger partial charge in [0.2, 0.25) is 0 Å². The summed E-state index contributed by atoms with van der Waals surface area (Å²) in [7, 11) is 0. The van der Waals surface area contributed by atoms with Gasteiger partial charge in [0.15, 0.2) is 11.7 Å². The van der Waals surface area contributed by atoms with Crippen molar-refractivity contribution >= 4 is 23.9 Å². The average Bonchev–Trinajstić information content (AvgIpc) is 2.99. The third-order valence-electron chi connectivity index (χ3n) is 7.58. The highest BCUT2D eigenvalue weighted by molar-refractivity contribution is 5.78. The molecule has 10 nitrogen and oxygen atoms in total. The molecule has 0 aromatic carbocycles. The van der Waals surface area contributed by atoms with Crippen LogP contribution in [0.1, 0.15) is 47.5 Å². The highest BCUT2D eigenvalue weighted by atomic mass is 16.6. The molecule has 0 aromatic rings. The molecule has 10 heteroatoms. The molecule has 0 radical (unpaired) electrons. The van der Waals surface area contributed by atoms with Crippen LogP contribution >= 0.6 is 0 Å². The van der Waals surface area contributed by atoms with Gasteiger partial charge in [-0.15, -0.1) is 0 Å². The molecule has 1 saturated heterocycles. The molecule has 0 amide bonds. The number of esters is 4. The zero-order valence-corrected chi connectivity index (χ0v) is 21.2. The third-order valence-corrected chi connectivity index (χ3v) is 7.58. The van der Waals surface area contributed by atoms with Crippen molar-refractivity contribution in [3.63, 3.8) is 0 Å². The molecule has 2 aliphatic carbocycles. The van der Waals surface area contributed by atoms with Gasteiger partial charge in [0.05, 0.1) is 17.9 Å². The molecule has 2 fully saturated rings. The van der Waals surface area contributed by atoms with Gasteiger partial charge in [0.25, 0.3) is 0 Å². The van der Waals surface area contributed by atoms with Gasteiger partial charge < -0.3 is 29.2 Å². The molecular formula is C26H34O10. The van der Waals surface area contributed by atoms with E-state index < -0.39 is 77.8 Å². The number of ether oxygens (including phenoxy) is 4. The molecule has 2 N–H and O–H groups in total. The predicted molar refractivity (Wildman–Crippen MR) is 125 cm³/mol. The van der Waals surface area contributed by atoms with Crippen LogP contribution in [0.2, 0.25) is 0 Å². The van der Waals surface area contributed by atoms with E-state index in [0.717, 1.165) is 0 Å². The second kappa shape index (κ2) is 10.2. The van der Waals surface area contributed by atoms with E-state index in [9.17, 15) is 29.4 Å². The van der Waals surface area contributed by atoms with E-state index in [-0.39, 0.29) is 5.57 Å². The number of rotatable bonds is 4. The van der Waals surface area contributed by atoms with Gasteiger partial charge in [-0.05, 0) is 37.5 Å². The van der Waals surface area contributed by atoms with E-state index in [1.165, 1.54) is 39.8 Å². The van der Waals surface area contributed by atoms with E-state index in [1.54, 1.807) is 13.0 Å². The summed E-state index contributed by atoms with van der Waals surface area (Å²) in [5.41, 5.74) is -2.56. The monoisotopic (exact) mass is 506 g/mol. The minimum atomic E-state index is -2.08. The average molecular weight is 507 g/mol. The third kappa shape index (κ3) is 4.71. The van der Waals surface area contributed by atoms with Gasteiger partial charge in [-0.3, -0.25) is 19.2 Å². The van der Waals surface area contributed by atoms with Crippen molar-refractivity contribution < 1.29 is 48.3 Å². The van der Waals surface area contributed by atoms with Crippen LogP contribution in [0.3, 0.4) is 0 Å². The van der Waals surface area contributed by atoms with Gasteiger partial charge >= 0.3 is 23.9 Å². The zero-order chi connectivity index (χ0) is 27.0. The molecule has 1 aliphatic heterocycles. The molecular weight excluding hydrogens is 472 g/mol. The molecule has 198 valence electrons. The molecule has 0 bridgehead atoms. The normalized spacial score (nSPS) is 40.5. The van der Waals surface area contributed by atoms with Crippen molar-refractivity contribution in [2.24, 2.45) is 17.3 Å². The summed E-state index contributed by atoms with van der Waals surface area (Å²) in [6.07, 6.45) is 0.551. The molecule has 3 aliphatic rings. The van der Waals surface area contributed by atoms with E-state index in [2.05, 4.69) is 6.58 Å². The van der Waals surface area contributed by atoms with Crippen molar-refractivity contribution in [3.05, 3.63) is 36.0 Å². The Morgan fingerprint density at radius 1 is 1.14 bits per heavy atom. The highest BCUT2D eigenvalue weighted by Crippen LogP contribution is 2.55. The summed E-state index contributed by atoms with van der Waals surface area (Å²) in [6, 6.07) is 0. The molecule has 0 aromatic heterocycles. The summed E-state index contributed by atoms with van der Waals surface area (Å²) < 4.78 is 22.7. The van der Waals surface area contributed by atoms with Crippen molar-refractivity contribution in [2.75, 3.05) is 6.61 Å². The Kier molecular flexibility index (Phi) is 7.80. The first-order valence-electron chi connectivity index (χ1n) is 11.9. The Balaban J connectivity index is 2.39. The van der Waals surface area contributed by atoms with E-state index in [4.69, 9.17) is 18.9 Å². The Bertz CT molecular complexity index is 1010. The van der Waals surface area contributed by atoms with E-state index in [1.807, 2.05) is 0 Å². The summed E-state index contributed by atoms with van der Waals surface area (Å²) in [5, 5.41) is 22.1. The maximum atomic E-state index is 12.7. The lowest BCUT2D eigenvalue weighted by molar-refractivity contribution is -0.214. The summed E-state index contributed by atoms with van der Waals surface area (Å²) in [4.78, 5) is 49.4. The quantitative estimate of drug-likeness (QED) is 0.327. The van der Waals surface area contributed by atoms with Gasteiger partial charge in [0, 0.05) is 26.7 Å². The molecule has 3 rings (SSSR count). The zero-order valence-electron chi connectivity index (χ0n) is 21.2. The maximum Gasteiger partial charge on any atom is 0.312 e. The van der Waals surface area contributed by atoms with Crippen molar-refractivity contribution in [1.82, 2.24) is 0 Å². The van der Waals surface area contributed by atoms with Gasteiger partial charge in [-0.25, -0.2) is 0 Å². The second-order valence-electron chi connectivity index (χ2n) is 9.92. The van der Waals surface area contributed by atoms with Crippen molar-refractivity contribution in [3.8, 4) is 0 Å². The number of carbonyl (C=O) groups is 4. The fourth-order valence-electron chi connectivity index (χ4n) is 5.77. The van der Waals surface area contributed by atoms with Gasteiger partial charge in [-0.2, -0.15) is 0 Å². The SMILES string of the molecule is C=C1CC[C@H](OC(C)=O)[C@]2(C)[C@@H](OC(C)=O)/C=C/C(CO)=C\[C@@H]3OC(=O)C(C)[C@@]3(O)[C@@H](OC(C)=O)[C@@H]12. The second-order valence-corrected chi connectivity index (χ2v) is 9.92. The van der Waals surface area contributed by atoms with Crippen LogP contribution in [0.4, 0.5) is 0 Å². The van der Waals surface area contributed by atoms with E-state index in [0.29, 0.717) is 18.4 Å². The number of hydrogen-bond acceptors (Lipinski definition) is 10. The molecule has 36 heavy (non-hydrogen) atoms. The van der Waals surface area contributed by atoms with Crippen molar-refractivity contribution in [1.29, 1.82) is 0 Å². The Morgan fingerprint density at radius 3 is 2.31 bits per heavy atom. The maximum absolute atomic E-state index is 12.7. The fraction of sp³-hybridized carbons (Fsp3) is 0.615. The lowest BCUT2D eigenvalue weighted by atomic mass is 9.55. The predicted octanol–water partition coefficient (Wildman–Crippen LogP) is 1.54. The van der Waals surface area contributed by atoms with Crippen molar-refractivity contribution in [2.45, 2.75) is 77.5 Å². The summed E-state index contributed by atoms with van der Waals surface area (Å²) in [5.74, 6) is -4.70. The molecule has 1 saturated carbocycles. The number of aliphatic hydroxyl groups is 2. The molecule has 1 heterocycles.